The van der Waals surface area contributed by atoms with E-state index in [4.69, 9.17) is 44.3 Å². The zero-order valence-corrected chi connectivity index (χ0v) is 18.0. The summed E-state index contributed by atoms with van der Waals surface area (Å²) in [5.41, 5.74) is 0.997. The molecular weight excluding hydrogens is 455 g/mol. The van der Waals surface area contributed by atoms with Crippen molar-refractivity contribution in [3.8, 4) is 5.75 Å². The molecule has 1 aliphatic rings. The van der Waals surface area contributed by atoms with Gasteiger partial charge in [0.05, 0.1) is 4.92 Å². The van der Waals surface area contributed by atoms with Crippen LogP contribution in [0, 0.1) is 10.1 Å². The predicted octanol–water partition coefficient (Wildman–Crippen LogP) is 5.34. The van der Waals surface area contributed by atoms with E-state index in [1.807, 2.05) is 30.3 Å². The SMILES string of the molecule is O=C(OCC(Cl)(Cl)Cl)N1CCC(Oc2ccc([N+](=O)[O-])cc2)C(c2ccccc2)C1. The maximum absolute atomic E-state index is 12.4. The van der Waals surface area contributed by atoms with E-state index in [0.29, 0.717) is 25.3 Å². The number of amides is 1. The first-order chi connectivity index (χ1) is 14.2. The summed E-state index contributed by atoms with van der Waals surface area (Å²) in [5, 5.41) is 10.8. The summed E-state index contributed by atoms with van der Waals surface area (Å²) < 4.78 is 9.57. The van der Waals surface area contributed by atoms with Crippen LogP contribution in [0.15, 0.2) is 54.6 Å². The molecule has 1 aliphatic heterocycles. The Morgan fingerprint density at radius 2 is 1.80 bits per heavy atom. The first-order valence-electron chi connectivity index (χ1n) is 9.17. The van der Waals surface area contributed by atoms with Gasteiger partial charge in [0.15, 0.2) is 0 Å². The largest absolute Gasteiger partial charge is 0.490 e. The highest BCUT2D eigenvalue weighted by Crippen LogP contribution is 2.32. The Hall–Kier alpha value is -2.22. The number of piperidine rings is 1. The summed E-state index contributed by atoms with van der Waals surface area (Å²) in [6.07, 6.45) is -0.249. The van der Waals surface area contributed by atoms with Gasteiger partial charge >= 0.3 is 6.09 Å². The van der Waals surface area contributed by atoms with Gasteiger partial charge in [-0.2, -0.15) is 0 Å². The molecule has 0 radical (unpaired) electrons. The number of non-ortho nitro benzene ring substituents is 1. The number of rotatable bonds is 5. The molecule has 1 amide bonds. The molecule has 2 aromatic carbocycles. The van der Waals surface area contributed by atoms with Crippen LogP contribution in [0.2, 0.25) is 0 Å². The number of nitrogens with zero attached hydrogens (tertiary/aromatic N) is 2. The fourth-order valence-electron chi connectivity index (χ4n) is 3.31. The highest BCUT2D eigenvalue weighted by molar-refractivity contribution is 6.67. The minimum absolute atomic E-state index is 0.00604. The van der Waals surface area contributed by atoms with Crippen molar-refractivity contribution in [2.75, 3.05) is 19.7 Å². The maximum atomic E-state index is 12.4. The van der Waals surface area contributed by atoms with Crippen molar-refractivity contribution in [2.24, 2.45) is 0 Å². The lowest BCUT2D eigenvalue weighted by Crippen LogP contribution is -2.47. The minimum Gasteiger partial charge on any atom is -0.490 e. The van der Waals surface area contributed by atoms with E-state index in [1.165, 1.54) is 12.1 Å². The van der Waals surface area contributed by atoms with Crippen LogP contribution in [0.1, 0.15) is 17.9 Å². The van der Waals surface area contributed by atoms with Gasteiger partial charge in [0.25, 0.3) is 5.69 Å². The number of carbonyl (C=O) groups excluding carboxylic acids is 1. The third-order valence-corrected chi connectivity index (χ3v) is 5.06. The van der Waals surface area contributed by atoms with Gasteiger partial charge < -0.3 is 14.4 Å². The minimum atomic E-state index is -1.67. The first-order valence-corrected chi connectivity index (χ1v) is 10.3. The summed E-state index contributed by atoms with van der Waals surface area (Å²) >= 11 is 17.0. The molecule has 2 atom stereocenters. The average Bonchev–Trinajstić information content (AvgIpc) is 2.73. The fraction of sp³-hybridized carbons (Fsp3) is 0.350. The first kappa shape index (κ1) is 22.5. The Morgan fingerprint density at radius 1 is 1.13 bits per heavy atom. The number of hydrogen-bond acceptors (Lipinski definition) is 5. The molecule has 160 valence electrons. The van der Waals surface area contributed by atoms with Crippen molar-refractivity contribution in [1.82, 2.24) is 4.90 Å². The number of nitro benzene ring substituents is 1. The van der Waals surface area contributed by atoms with Gasteiger partial charge in [-0.15, -0.1) is 0 Å². The second kappa shape index (κ2) is 9.73. The molecule has 2 unspecified atom stereocenters. The van der Waals surface area contributed by atoms with E-state index in [0.717, 1.165) is 5.56 Å². The molecule has 1 fully saturated rings. The highest BCUT2D eigenvalue weighted by atomic mass is 35.6. The van der Waals surface area contributed by atoms with Gasteiger partial charge in [-0.3, -0.25) is 10.1 Å². The number of carbonyl (C=O) groups is 1. The second-order valence-electron chi connectivity index (χ2n) is 6.83. The van der Waals surface area contributed by atoms with Gasteiger partial charge in [-0.25, -0.2) is 4.79 Å². The summed E-state index contributed by atoms with van der Waals surface area (Å²) in [6.45, 7) is 0.422. The van der Waals surface area contributed by atoms with Gasteiger partial charge in [0.1, 0.15) is 18.5 Å². The van der Waals surface area contributed by atoms with Gasteiger partial charge in [-0.1, -0.05) is 65.1 Å². The number of halogens is 3. The number of ether oxygens (including phenoxy) is 2. The number of nitro groups is 1. The van der Waals surface area contributed by atoms with Crippen molar-refractivity contribution in [2.45, 2.75) is 22.2 Å². The van der Waals surface area contributed by atoms with Crippen LogP contribution in [0.25, 0.3) is 0 Å². The van der Waals surface area contributed by atoms with Gasteiger partial charge in [0, 0.05) is 37.6 Å². The molecular formula is C20H19Cl3N2O5. The van der Waals surface area contributed by atoms with Gasteiger partial charge in [0.2, 0.25) is 3.79 Å². The molecule has 1 saturated heterocycles. The van der Waals surface area contributed by atoms with Crippen molar-refractivity contribution < 1.29 is 19.2 Å². The number of alkyl halides is 3. The lowest BCUT2D eigenvalue weighted by molar-refractivity contribution is -0.384. The lowest BCUT2D eigenvalue weighted by Gasteiger charge is -2.38. The van der Waals surface area contributed by atoms with Crippen LogP contribution in [0.5, 0.6) is 5.75 Å². The average molecular weight is 474 g/mol. The number of benzene rings is 2. The maximum Gasteiger partial charge on any atom is 0.409 e. The zero-order valence-electron chi connectivity index (χ0n) is 15.7. The monoisotopic (exact) mass is 472 g/mol. The molecule has 0 N–H and O–H groups in total. The fourth-order valence-corrected chi connectivity index (χ4v) is 3.48. The third-order valence-electron chi connectivity index (χ3n) is 4.73. The van der Waals surface area contributed by atoms with E-state index in [-0.39, 0.29) is 24.3 Å². The molecule has 0 bridgehead atoms. The smallest absolute Gasteiger partial charge is 0.409 e. The van der Waals surface area contributed by atoms with Gasteiger partial charge in [-0.05, 0) is 17.7 Å². The number of hydrogen-bond donors (Lipinski definition) is 0. The Bertz CT molecular complexity index is 874. The highest BCUT2D eigenvalue weighted by Gasteiger charge is 2.35. The Balaban J connectivity index is 1.73. The van der Waals surface area contributed by atoms with Crippen molar-refractivity contribution in [3.63, 3.8) is 0 Å². The van der Waals surface area contributed by atoms with Crippen LogP contribution in [-0.2, 0) is 4.74 Å². The summed E-state index contributed by atoms with van der Waals surface area (Å²) in [7, 11) is 0. The molecule has 3 rings (SSSR count). The van der Waals surface area contributed by atoms with Crippen LogP contribution in [-0.4, -0.2) is 45.5 Å². The predicted molar refractivity (Wildman–Crippen MR) is 115 cm³/mol. The Morgan fingerprint density at radius 3 is 2.40 bits per heavy atom. The van der Waals surface area contributed by atoms with Crippen LogP contribution in [0.4, 0.5) is 10.5 Å². The van der Waals surface area contributed by atoms with E-state index >= 15 is 0 Å². The molecule has 1 heterocycles. The molecule has 0 saturated carbocycles. The molecule has 30 heavy (non-hydrogen) atoms. The molecule has 2 aromatic rings. The summed E-state index contributed by atoms with van der Waals surface area (Å²) in [4.78, 5) is 24.4. The standard InChI is InChI=1S/C20H19Cl3N2O5/c21-20(22,23)13-29-19(26)24-11-10-18(17(12-24)14-4-2-1-3-5-14)30-16-8-6-15(7-9-16)25(27)28/h1-9,17-18H,10-13H2. The van der Waals surface area contributed by atoms with Crippen LogP contribution < -0.4 is 4.74 Å². The molecule has 0 aliphatic carbocycles. The van der Waals surface area contributed by atoms with Crippen molar-refractivity contribution >= 4 is 46.6 Å². The van der Waals surface area contributed by atoms with Crippen molar-refractivity contribution in [1.29, 1.82) is 0 Å². The number of likely N-dealkylation sites (tertiary alicyclic amines) is 1. The van der Waals surface area contributed by atoms with E-state index < -0.39 is 14.8 Å². The molecule has 7 nitrogen and oxygen atoms in total. The Labute approximate surface area is 188 Å². The molecule has 10 heteroatoms. The van der Waals surface area contributed by atoms with Crippen LogP contribution >= 0.6 is 34.8 Å². The lowest BCUT2D eigenvalue weighted by atomic mass is 9.88. The topological polar surface area (TPSA) is 81.9 Å². The van der Waals surface area contributed by atoms with Crippen LogP contribution in [0.3, 0.4) is 0 Å². The van der Waals surface area contributed by atoms with E-state index in [9.17, 15) is 14.9 Å². The van der Waals surface area contributed by atoms with Crippen molar-refractivity contribution in [3.05, 3.63) is 70.3 Å². The second-order valence-corrected chi connectivity index (χ2v) is 9.35. The van der Waals surface area contributed by atoms with E-state index in [2.05, 4.69) is 0 Å². The molecule has 0 spiro atoms. The summed E-state index contributed by atoms with van der Waals surface area (Å²) in [5.74, 6) is 0.397. The summed E-state index contributed by atoms with van der Waals surface area (Å²) in [6, 6.07) is 15.6. The third kappa shape index (κ3) is 6.14. The zero-order chi connectivity index (χ0) is 21.7. The quantitative estimate of drug-likeness (QED) is 0.333. The normalized spacial score (nSPS) is 19.2. The van der Waals surface area contributed by atoms with E-state index in [1.54, 1.807) is 17.0 Å². The Kier molecular flexibility index (Phi) is 7.28. The molecule has 0 aromatic heterocycles.